The molecule has 180 valence electrons. The van der Waals surface area contributed by atoms with Gasteiger partial charge in [-0.2, -0.15) is 0 Å². The van der Waals surface area contributed by atoms with Gasteiger partial charge in [0.1, 0.15) is 11.2 Å². The third-order valence-electron chi connectivity index (χ3n) is 9.33. The van der Waals surface area contributed by atoms with Crippen LogP contribution >= 0.6 is 0 Å². The fourth-order valence-electron chi connectivity index (χ4n) is 7.62. The first kappa shape index (κ1) is 23.1. The number of carbonyl (C=O) groups is 2. The van der Waals surface area contributed by atoms with Crippen LogP contribution in [-0.2, 0) is 9.47 Å². The highest BCUT2D eigenvalue weighted by Gasteiger charge is 2.67. The summed E-state index contributed by atoms with van der Waals surface area (Å²) in [5.41, 5.74) is -0.264. The van der Waals surface area contributed by atoms with E-state index < -0.39 is 11.2 Å². The number of esters is 2. The normalized spacial score (nSPS) is 30.1. The van der Waals surface area contributed by atoms with E-state index in [0.717, 1.165) is 32.1 Å². The molecule has 4 bridgehead atoms. The molecule has 4 heteroatoms. The van der Waals surface area contributed by atoms with Crippen molar-refractivity contribution in [1.29, 1.82) is 0 Å². The highest BCUT2D eigenvalue weighted by Crippen LogP contribution is 2.71. The molecule has 4 aliphatic carbocycles. The van der Waals surface area contributed by atoms with Gasteiger partial charge in [-0.15, -0.1) is 0 Å². The van der Waals surface area contributed by atoms with Gasteiger partial charge in [-0.1, -0.05) is 36.4 Å². The van der Waals surface area contributed by atoms with Crippen LogP contribution in [0.2, 0.25) is 0 Å². The molecule has 0 aromatic heterocycles. The second-order valence-corrected chi connectivity index (χ2v) is 12.1. The highest BCUT2D eigenvalue weighted by molar-refractivity contribution is 5.90. The molecule has 6 rings (SSSR count). The zero-order chi connectivity index (χ0) is 24.2. The molecule has 0 radical (unpaired) electrons. The van der Waals surface area contributed by atoms with E-state index in [-0.39, 0.29) is 22.8 Å². The molecule has 34 heavy (non-hydrogen) atoms. The Morgan fingerprint density at radius 1 is 0.676 bits per heavy atom. The minimum Gasteiger partial charge on any atom is -0.455 e. The SMILES string of the molecule is CC(C)(OC(=O)c1ccccc1)C12CC3CC(C1)CC(C(C)(C)OC(=O)c1ccccc1)(C3)C2. The number of hydrogen-bond acceptors (Lipinski definition) is 4. The lowest BCUT2D eigenvalue weighted by atomic mass is 9.38. The van der Waals surface area contributed by atoms with Crippen molar-refractivity contribution in [3.63, 3.8) is 0 Å². The average molecular weight is 461 g/mol. The first-order chi connectivity index (χ1) is 16.0. The molecule has 2 aromatic carbocycles. The molecule has 4 aliphatic rings. The number of carbonyl (C=O) groups excluding carboxylic acids is 2. The number of rotatable bonds is 6. The van der Waals surface area contributed by atoms with Gasteiger partial charge in [0, 0.05) is 10.8 Å². The van der Waals surface area contributed by atoms with Crippen molar-refractivity contribution in [2.75, 3.05) is 0 Å². The van der Waals surface area contributed by atoms with Crippen LogP contribution in [0.3, 0.4) is 0 Å². The van der Waals surface area contributed by atoms with Crippen LogP contribution in [0, 0.1) is 22.7 Å². The number of benzene rings is 2. The van der Waals surface area contributed by atoms with Gasteiger partial charge in [-0.25, -0.2) is 9.59 Å². The molecule has 4 fully saturated rings. The van der Waals surface area contributed by atoms with Crippen molar-refractivity contribution in [3.8, 4) is 0 Å². The largest absolute Gasteiger partial charge is 0.455 e. The van der Waals surface area contributed by atoms with Gasteiger partial charge in [0.05, 0.1) is 11.1 Å². The van der Waals surface area contributed by atoms with Crippen molar-refractivity contribution in [2.24, 2.45) is 22.7 Å². The van der Waals surface area contributed by atoms with Crippen LogP contribution in [0.1, 0.15) is 86.9 Å². The Morgan fingerprint density at radius 3 is 1.38 bits per heavy atom. The van der Waals surface area contributed by atoms with E-state index in [1.807, 2.05) is 60.7 Å². The van der Waals surface area contributed by atoms with Crippen LogP contribution in [0.25, 0.3) is 0 Å². The Hall–Kier alpha value is -2.62. The lowest BCUT2D eigenvalue weighted by Crippen LogP contribution is -2.65. The molecule has 0 saturated heterocycles. The second-order valence-electron chi connectivity index (χ2n) is 12.1. The summed E-state index contributed by atoms with van der Waals surface area (Å²) in [5.74, 6) is 0.631. The Labute approximate surface area is 203 Å². The summed E-state index contributed by atoms with van der Waals surface area (Å²) in [6.45, 7) is 8.38. The standard InChI is InChI=1S/C30H36O4/c1-27(2,33-25(31)23-11-7-5-8-12-23)29-16-21-15-22(17-29)19-30(18-21,20-29)28(3,4)34-26(32)24-13-9-6-10-14-24/h5-14,21-22H,15-20H2,1-4H3. The summed E-state index contributed by atoms with van der Waals surface area (Å²) in [4.78, 5) is 26.1. The maximum absolute atomic E-state index is 13.0. The van der Waals surface area contributed by atoms with Crippen molar-refractivity contribution in [2.45, 2.75) is 77.4 Å². The van der Waals surface area contributed by atoms with Gasteiger partial charge >= 0.3 is 11.9 Å². The highest BCUT2D eigenvalue weighted by atomic mass is 16.6. The van der Waals surface area contributed by atoms with Crippen LogP contribution in [-0.4, -0.2) is 23.1 Å². The van der Waals surface area contributed by atoms with E-state index in [9.17, 15) is 9.59 Å². The maximum atomic E-state index is 13.0. The molecule has 0 aliphatic heterocycles. The molecule has 0 heterocycles. The lowest BCUT2D eigenvalue weighted by Gasteiger charge is -2.68. The van der Waals surface area contributed by atoms with Crippen molar-refractivity contribution < 1.29 is 19.1 Å². The number of ether oxygens (including phenoxy) is 2. The first-order valence-electron chi connectivity index (χ1n) is 12.6. The van der Waals surface area contributed by atoms with Crippen LogP contribution in [0.15, 0.2) is 60.7 Å². The summed E-state index contributed by atoms with van der Waals surface area (Å²) < 4.78 is 12.5. The van der Waals surface area contributed by atoms with E-state index in [0.29, 0.717) is 23.0 Å². The quantitative estimate of drug-likeness (QED) is 0.443. The monoisotopic (exact) mass is 460 g/mol. The van der Waals surface area contributed by atoms with E-state index in [1.165, 1.54) is 6.42 Å². The third kappa shape index (κ3) is 3.76. The van der Waals surface area contributed by atoms with Gasteiger partial charge in [0.15, 0.2) is 0 Å². The van der Waals surface area contributed by atoms with E-state index >= 15 is 0 Å². The molecule has 2 aromatic rings. The fraction of sp³-hybridized carbons (Fsp3) is 0.533. The van der Waals surface area contributed by atoms with E-state index in [2.05, 4.69) is 27.7 Å². The Balaban J connectivity index is 1.42. The van der Waals surface area contributed by atoms with Gasteiger partial charge in [-0.05, 0) is 102 Å². The Kier molecular flexibility index (Phi) is 5.42. The lowest BCUT2D eigenvalue weighted by molar-refractivity contribution is -0.236. The summed E-state index contributed by atoms with van der Waals surface area (Å²) >= 11 is 0. The van der Waals surface area contributed by atoms with Crippen LogP contribution < -0.4 is 0 Å². The molecule has 4 saturated carbocycles. The molecule has 0 unspecified atom stereocenters. The van der Waals surface area contributed by atoms with E-state index in [4.69, 9.17) is 9.47 Å². The van der Waals surface area contributed by atoms with Crippen molar-refractivity contribution >= 4 is 11.9 Å². The summed E-state index contributed by atoms with van der Waals surface area (Å²) in [6, 6.07) is 18.5. The number of hydrogen-bond donors (Lipinski definition) is 0. The smallest absolute Gasteiger partial charge is 0.338 e. The molecule has 0 spiro atoms. The summed E-state index contributed by atoms with van der Waals surface area (Å²) in [7, 11) is 0. The molecule has 4 nitrogen and oxygen atoms in total. The Bertz CT molecular complexity index is 972. The average Bonchev–Trinajstić information content (AvgIpc) is 2.78. The first-order valence-corrected chi connectivity index (χ1v) is 12.6. The van der Waals surface area contributed by atoms with Crippen molar-refractivity contribution in [1.82, 2.24) is 0 Å². The summed E-state index contributed by atoms with van der Waals surface area (Å²) in [6.07, 6.45) is 6.43. The van der Waals surface area contributed by atoms with Crippen molar-refractivity contribution in [3.05, 3.63) is 71.8 Å². The molecule has 0 N–H and O–H groups in total. The van der Waals surface area contributed by atoms with Crippen LogP contribution in [0.4, 0.5) is 0 Å². The zero-order valence-electron chi connectivity index (χ0n) is 20.8. The zero-order valence-corrected chi connectivity index (χ0v) is 20.8. The maximum Gasteiger partial charge on any atom is 0.338 e. The predicted octanol–water partition coefficient (Wildman–Crippen LogP) is 6.84. The van der Waals surface area contributed by atoms with E-state index in [1.54, 1.807) is 0 Å². The summed E-state index contributed by atoms with van der Waals surface area (Å²) in [5, 5.41) is 0. The third-order valence-corrected chi connectivity index (χ3v) is 9.33. The minimum absolute atomic E-state index is 0.113. The predicted molar refractivity (Wildman–Crippen MR) is 131 cm³/mol. The van der Waals surface area contributed by atoms with Gasteiger partial charge in [-0.3, -0.25) is 0 Å². The van der Waals surface area contributed by atoms with Gasteiger partial charge in [0.25, 0.3) is 0 Å². The second kappa shape index (κ2) is 7.96. The molecular formula is C30H36O4. The fourth-order valence-corrected chi connectivity index (χ4v) is 7.62. The topological polar surface area (TPSA) is 52.6 Å². The molecule has 0 amide bonds. The Morgan fingerprint density at radius 2 is 1.03 bits per heavy atom. The van der Waals surface area contributed by atoms with Gasteiger partial charge in [0.2, 0.25) is 0 Å². The van der Waals surface area contributed by atoms with Crippen LogP contribution in [0.5, 0.6) is 0 Å². The molecular weight excluding hydrogens is 424 g/mol. The molecule has 0 atom stereocenters. The van der Waals surface area contributed by atoms with Gasteiger partial charge < -0.3 is 9.47 Å². The minimum atomic E-state index is -0.609.